The Kier molecular flexibility index (Phi) is 5.91. The van der Waals surface area contributed by atoms with E-state index in [2.05, 4.69) is 22.2 Å². The molecule has 1 aliphatic rings. The van der Waals surface area contributed by atoms with Crippen LogP contribution in [0.2, 0.25) is 0 Å². The number of benzene rings is 2. The third-order valence-electron chi connectivity index (χ3n) is 5.23. The van der Waals surface area contributed by atoms with Crippen molar-refractivity contribution in [1.29, 1.82) is 0 Å². The Bertz CT molecular complexity index is 938. The number of ether oxygens (including phenoxy) is 1. The molecular weight excluding hydrogens is 366 g/mol. The number of carbonyl (C=O) groups is 1. The van der Waals surface area contributed by atoms with Crippen LogP contribution in [-0.4, -0.2) is 54.2 Å². The Balaban J connectivity index is 1.36. The molecule has 1 aliphatic heterocycles. The lowest BCUT2D eigenvalue weighted by molar-refractivity contribution is 0.0751. The summed E-state index contributed by atoms with van der Waals surface area (Å²) in [6, 6.07) is 19.6. The molecule has 150 valence electrons. The molecule has 6 heteroatoms. The molecule has 1 saturated heterocycles. The summed E-state index contributed by atoms with van der Waals surface area (Å²) in [4.78, 5) is 17.2. The van der Waals surface area contributed by atoms with E-state index in [1.54, 1.807) is 13.2 Å². The van der Waals surface area contributed by atoms with Gasteiger partial charge in [0.05, 0.1) is 7.11 Å². The van der Waals surface area contributed by atoms with Crippen LogP contribution in [0.25, 0.3) is 11.3 Å². The topological polar surface area (TPSA) is 58.8 Å². The van der Waals surface area contributed by atoms with Crippen molar-refractivity contribution in [1.82, 2.24) is 15.0 Å². The van der Waals surface area contributed by atoms with Crippen LogP contribution in [-0.2, 0) is 6.54 Å². The van der Waals surface area contributed by atoms with Crippen molar-refractivity contribution in [2.75, 3.05) is 33.3 Å². The average molecular weight is 391 g/mol. The SMILES string of the molecule is COc1ccc(CN2CCCN(C(=O)c3cc(-c4ccccc4)on3)CC2)cc1. The zero-order chi connectivity index (χ0) is 20.1. The summed E-state index contributed by atoms with van der Waals surface area (Å²) in [5.41, 5.74) is 2.53. The van der Waals surface area contributed by atoms with Crippen molar-refractivity contribution < 1.29 is 14.1 Å². The van der Waals surface area contributed by atoms with Crippen LogP contribution >= 0.6 is 0 Å². The Morgan fingerprint density at radius 2 is 1.83 bits per heavy atom. The lowest BCUT2D eigenvalue weighted by Gasteiger charge is -2.21. The highest BCUT2D eigenvalue weighted by Gasteiger charge is 2.23. The highest BCUT2D eigenvalue weighted by Crippen LogP contribution is 2.21. The first-order chi connectivity index (χ1) is 14.2. The van der Waals surface area contributed by atoms with E-state index >= 15 is 0 Å². The van der Waals surface area contributed by atoms with Gasteiger partial charge < -0.3 is 14.2 Å². The summed E-state index contributed by atoms with van der Waals surface area (Å²) < 4.78 is 10.6. The molecule has 2 heterocycles. The number of hydrogen-bond donors (Lipinski definition) is 0. The van der Waals surface area contributed by atoms with E-state index in [-0.39, 0.29) is 5.91 Å². The van der Waals surface area contributed by atoms with Crippen molar-refractivity contribution in [3.8, 4) is 17.1 Å². The quantitative estimate of drug-likeness (QED) is 0.664. The summed E-state index contributed by atoms with van der Waals surface area (Å²) in [6.07, 6.45) is 0.936. The van der Waals surface area contributed by atoms with Gasteiger partial charge in [0.2, 0.25) is 0 Å². The van der Waals surface area contributed by atoms with E-state index in [1.807, 2.05) is 47.4 Å². The molecule has 1 amide bonds. The molecule has 0 radical (unpaired) electrons. The largest absolute Gasteiger partial charge is 0.497 e. The van der Waals surface area contributed by atoms with E-state index in [4.69, 9.17) is 9.26 Å². The third-order valence-corrected chi connectivity index (χ3v) is 5.23. The molecule has 29 heavy (non-hydrogen) atoms. The Morgan fingerprint density at radius 3 is 2.59 bits per heavy atom. The highest BCUT2D eigenvalue weighted by atomic mass is 16.5. The summed E-state index contributed by atoms with van der Waals surface area (Å²) in [5, 5.41) is 4.01. The minimum absolute atomic E-state index is 0.0674. The maximum Gasteiger partial charge on any atom is 0.276 e. The van der Waals surface area contributed by atoms with Crippen LogP contribution in [0.3, 0.4) is 0 Å². The van der Waals surface area contributed by atoms with E-state index in [1.165, 1.54) is 5.56 Å². The molecule has 1 fully saturated rings. The van der Waals surface area contributed by atoms with Gasteiger partial charge in [-0.05, 0) is 24.1 Å². The van der Waals surface area contributed by atoms with Gasteiger partial charge in [-0.1, -0.05) is 47.6 Å². The smallest absolute Gasteiger partial charge is 0.276 e. The van der Waals surface area contributed by atoms with Crippen LogP contribution in [0, 0.1) is 0 Å². The molecule has 4 rings (SSSR count). The Labute approximate surface area is 170 Å². The fraction of sp³-hybridized carbons (Fsp3) is 0.304. The zero-order valence-electron chi connectivity index (χ0n) is 16.6. The van der Waals surface area contributed by atoms with Crippen molar-refractivity contribution in [2.45, 2.75) is 13.0 Å². The normalized spacial score (nSPS) is 15.1. The second kappa shape index (κ2) is 8.92. The third kappa shape index (κ3) is 4.66. The van der Waals surface area contributed by atoms with Gasteiger partial charge in [-0.3, -0.25) is 9.69 Å². The van der Waals surface area contributed by atoms with Gasteiger partial charge in [0.15, 0.2) is 11.5 Å². The molecule has 6 nitrogen and oxygen atoms in total. The molecule has 0 saturated carbocycles. The number of nitrogens with zero attached hydrogens (tertiary/aromatic N) is 3. The predicted octanol–water partition coefficient (Wildman–Crippen LogP) is 3.70. The standard InChI is InChI=1S/C23H25N3O3/c1-28-20-10-8-18(9-11-20)17-25-12-5-13-26(15-14-25)23(27)21-16-22(29-24-21)19-6-3-2-4-7-19/h2-4,6-11,16H,5,12-15,17H2,1H3. The van der Waals surface area contributed by atoms with Crippen molar-refractivity contribution in [2.24, 2.45) is 0 Å². The molecule has 0 bridgehead atoms. The molecule has 0 aliphatic carbocycles. The van der Waals surface area contributed by atoms with E-state index in [9.17, 15) is 4.79 Å². The van der Waals surface area contributed by atoms with Crippen LogP contribution in [0.15, 0.2) is 65.2 Å². The molecule has 0 atom stereocenters. The summed E-state index contributed by atoms with van der Waals surface area (Å²) in [5.74, 6) is 1.41. The van der Waals surface area contributed by atoms with E-state index in [0.29, 0.717) is 18.0 Å². The minimum Gasteiger partial charge on any atom is -0.497 e. The second-order valence-electron chi connectivity index (χ2n) is 7.21. The highest BCUT2D eigenvalue weighted by molar-refractivity contribution is 5.93. The molecular formula is C23H25N3O3. The van der Waals surface area contributed by atoms with Crippen molar-refractivity contribution in [3.63, 3.8) is 0 Å². The first-order valence-electron chi connectivity index (χ1n) is 9.89. The number of hydrogen-bond acceptors (Lipinski definition) is 5. The van der Waals surface area contributed by atoms with E-state index in [0.717, 1.165) is 43.9 Å². The maximum atomic E-state index is 12.9. The fourth-order valence-corrected chi connectivity index (χ4v) is 3.60. The second-order valence-corrected chi connectivity index (χ2v) is 7.21. The number of carbonyl (C=O) groups excluding carboxylic acids is 1. The van der Waals surface area contributed by atoms with Crippen LogP contribution in [0.5, 0.6) is 5.75 Å². The van der Waals surface area contributed by atoms with Gasteiger partial charge in [0.1, 0.15) is 5.75 Å². The Morgan fingerprint density at radius 1 is 1.03 bits per heavy atom. The number of amides is 1. The van der Waals surface area contributed by atoms with Crippen LogP contribution in [0.1, 0.15) is 22.5 Å². The maximum absolute atomic E-state index is 12.9. The van der Waals surface area contributed by atoms with Gasteiger partial charge in [-0.25, -0.2) is 0 Å². The van der Waals surface area contributed by atoms with Gasteiger partial charge in [-0.2, -0.15) is 0 Å². The average Bonchev–Trinajstić information content (AvgIpc) is 3.15. The van der Waals surface area contributed by atoms with Gasteiger partial charge >= 0.3 is 0 Å². The predicted molar refractivity (Wildman–Crippen MR) is 111 cm³/mol. The van der Waals surface area contributed by atoms with Gasteiger partial charge in [0, 0.05) is 44.4 Å². The van der Waals surface area contributed by atoms with E-state index < -0.39 is 0 Å². The zero-order valence-corrected chi connectivity index (χ0v) is 16.6. The molecule has 0 N–H and O–H groups in total. The van der Waals surface area contributed by atoms with Crippen LogP contribution in [0.4, 0.5) is 0 Å². The van der Waals surface area contributed by atoms with Crippen LogP contribution < -0.4 is 4.74 Å². The Hall–Kier alpha value is -3.12. The first-order valence-corrected chi connectivity index (χ1v) is 9.89. The fourth-order valence-electron chi connectivity index (χ4n) is 3.60. The van der Waals surface area contributed by atoms with Crippen molar-refractivity contribution in [3.05, 3.63) is 71.9 Å². The summed E-state index contributed by atoms with van der Waals surface area (Å²) >= 11 is 0. The monoisotopic (exact) mass is 391 g/mol. The lowest BCUT2D eigenvalue weighted by Crippen LogP contribution is -2.35. The molecule has 3 aromatic rings. The number of rotatable bonds is 5. The summed E-state index contributed by atoms with van der Waals surface area (Å²) in [6.45, 7) is 4.08. The number of aromatic nitrogens is 1. The van der Waals surface area contributed by atoms with Crippen molar-refractivity contribution >= 4 is 5.91 Å². The van der Waals surface area contributed by atoms with Gasteiger partial charge in [-0.15, -0.1) is 0 Å². The summed E-state index contributed by atoms with van der Waals surface area (Å²) in [7, 11) is 1.67. The molecule has 2 aromatic carbocycles. The molecule has 0 spiro atoms. The lowest BCUT2D eigenvalue weighted by atomic mass is 10.1. The first kappa shape index (κ1) is 19.2. The number of methoxy groups -OCH3 is 1. The minimum atomic E-state index is -0.0674. The van der Waals surface area contributed by atoms with Gasteiger partial charge in [0.25, 0.3) is 5.91 Å². The molecule has 1 aromatic heterocycles. The molecule has 0 unspecified atom stereocenters.